The Balaban J connectivity index is 2.86. The monoisotopic (exact) mass is 283 g/mol. The van der Waals surface area contributed by atoms with Gasteiger partial charge in [0.25, 0.3) is 0 Å². The highest BCUT2D eigenvalue weighted by Gasteiger charge is 2.46. The molecular weight excluding hydrogens is 264 g/mol. The molecule has 0 spiro atoms. The lowest BCUT2D eigenvalue weighted by atomic mass is 9.79. The molecule has 0 unspecified atom stereocenters. The predicted octanol–water partition coefficient (Wildman–Crippen LogP) is 1.47. The van der Waals surface area contributed by atoms with Crippen molar-refractivity contribution >= 4 is 21.6 Å². The van der Waals surface area contributed by atoms with Gasteiger partial charge in [-0.3, -0.25) is 0 Å². The minimum atomic E-state index is -3.44. The van der Waals surface area contributed by atoms with Crippen LogP contribution in [0, 0.1) is 0 Å². The zero-order chi connectivity index (χ0) is 13.5. The van der Waals surface area contributed by atoms with E-state index in [2.05, 4.69) is 4.72 Å². The Labute approximate surface area is 108 Å². The van der Waals surface area contributed by atoms with Gasteiger partial charge in [-0.25, -0.2) is 13.1 Å². The van der Waals surface area contributed by atoms with E-state index < -0.39 is 26.3 Å². The molecule has 0 bridgehead atoms. The van der Waals surface area contributed by atoms with Crippen LogP contribution in [0.2, 0.25) is 0 Å². The van der Waals surface area contributed by atoms with Gasteiger partial charge in [-0.15, -0.1) is 21.9 Å². The Morgan fingerprint density at radius 2 is 1.65 bits per heavy atom. The molecule has 1 saturated heterocycles. The van der Waals surface area contributed by atoms with Crippen molar-refractivity contribution in [3.63, 3.8) is 0 Å². The van der Waals surface area contributed by atoms with Crippen molar-refractivity contribution in [2.45, 2.75) is 57.7 Å². The van der Waals surface area contributed by atoms with Crippen molar-refractivity contribution in [3.05, 3.63) is 0 Å². The van der Waals surface area contributed by atoms with Gasteiger partial charge < -0.3 is 0 Å². The molecule has 1 heterocycles. The van der Waals surface area contributed by atoms with Crippen molar-refractivity contribution in [1.82, 2.24) is 9.79 Å². The number of halogens is 1. The second-order valence-electron chi connectivity index (χ2n) is 5.87. The average molecular weight is 284 g/mol. The topological polar surface area (TPSA) is 69.3 Å². The molecule has 0 atom stereocenters. The smallest absolute Gasteiger partial charge is 0.211 e. The molecule has 0 aromatic carbocycles. The molecule has 7 heteroatoms. The van der Waals surface area contributed by atoms with Gasteiger partial charge in [-0.1, -0.05) is 0 Å². The molecule has 0 amide bonds. The summed E-state index contributed by atoms with van der Waals surface area (Å²) in [6.45, 7) is 7.29. The van der Waals surface area contributed by atoms with Crippen molar-refractivity contribution < 1.29 is 13.6 Å². The van der Waals surface area contributed by atoms with Crippen LogP contribution >= 0.6 is 11.6 Å². The second-order valence-corrected chi connectivity index (χ2v) is 8.20. The third kappa shape index (κ3) is 3.54. The number of alkyl halides is 1. The van der Waals surface area contributed by atoms with Crippen molar-refractivity contribution in [2.24, 2.45) is 0 Å². The third-order valence-electron chi connectivity index (χ3n) is 3.08. The summed E-state index contributed by atoms with van der Waals surface area (Å²) in [7, 11) is -3.44. The summed E-state index contributed by atoms with van der Waals surface area (Å²) in [4.78, 5) is 0. The van der Waals surface area contributed by atoms with E-state index in [4.69, 9.17) is 11.6 Å². The van der Waals surface area contributed by atoms with Gasteiger partial charge in [0.1, 0.15) is 5.21 Å². The lowest BCUT2D eigenvalue weighted by molar-refractivity contribution is -0.289. The van der Waals surface area contributed by atoms with E-state index in [0.29, 0.717) is 12.8 Å². The van der Waals surface area contributed by atoms with Crippen LogP contribution in [0.1, 0.15) is 40.5 Å². The van der Waals surface area contributed by atoms with E-state index in [1.54, 1.807) is 0 Å². The average Bonchev–Trinajstić information content (AvgIpc) is 2.12. The van der Waals surface area contributed by atoms with Crippen LogP contribution in [0.3, 0.4) is 0 Å². The Hall–Kier alpha value is 0.120. The van der Waals surface area contributed by atoms with E-state index in [9.17, 15) is 13.6 Å². The first-order valence-corrected chi connectivity index (χ1v) is 7.72. The summed E-state index contributed by atoms with van der Waals surface area (Å²) >= 11 is 5.36. The highest BCUT2D eigenvalue weighted by Crippen LogP contribution is 2.37. The maximum atomic E-state index is 12.1. The van der Waals surface area contributed by atoms with E-state index in [0.717, 1.165) is 5.06 Å². The zero-order valence-corrected chi connectivity index (χ0v) is 12.2. The predicted molar refractivity (Wildman–Crippen MR) is 66.5 cm³/mol. The molecule has 5 nitrogen and oxygen atoms in total. The summed E-state index contributed by atoms with van der Waals surface area (Å²) in [6.07, 6.45) is 0.964. The maximum absolute atomic E-state index is 12.1. The van der Waals surface area contributed by atoms with Crippen LogP contribution in [0.4, 0.5) is 0 Å². The van der Waals surface area contributed by atoms with Crippen LogP contribution < -0.4 is 4.72 Å². The quantitative estimate of drug-likeness (QED) is 0.798. The first-order valence-electron chi connectivity index (χ1n) is 5.54. The normalized spacial score (nSPS) is 26.0. The third-order valence-corrected chi connectivity index (χ3v) is 4.92. The maximum Gasteiger partial charge on any atom is 0.225 e. The van der Waals surface area contributed by atoms with Crippen molar-refractivity contribution in [1.29, 1.82) is 0 Å². The molecule has 0 aromatic heterocycles. The molecule has 1 N–H and O–H groups in total. The fraction of sp³-hybridized carbons (Fsp3) is 1.00. The zero-order valence-electron chi connectivity index (χ0n) is 10.7. The molecule has 1 radical (unpaired) electrons. The van der Waals surface area contributed by atoms with E-state index in [1.807, 2.05) is 27.7 Å². The molecule has 17 heavy (non-hydrogen) atoms. The number of sulfonamides is 1. The number of hydrogen-bond acceptors (Lipinski definition) is 3. The van der Waals surface area contributed by atoms with Gasteiger partial charge >= 0.3 is 0 Å². The molecular formula is C10H20ClN2O3S. The highest BCUT2D eigenvalue weighted by molar-refractivity contribution is 7.90. The lowest BCUT2D eigenvalue weighted by Crippen LogP contribution is -2.62. The fourth-order valence-corrected chi connectivity index (χ4v) is 3.56. The summed E-state index contributed by atoms with van der Waals surface area (Å²) in [6, 6.07) is -0.242. The summed E-state index contributed by atoms with van der Waals surface area (Å²) in [5.41, 5.74) is -1.16. The van der Waals surface area contributed by atoms with Crippen LogP contribution in [-0.4, -0.2) is 35.8 Å². The van der Waals surface area contributed by atoms with Gasteiger partial charge in [-0.05, 0) is 40.5 Å². The number of rotatable bonds is 3. The highest BCUT2D eigenvalue weighted by atomic mass is 35.5. The van der Waals surface area contributed by atoms with Gasteiger partial charge in [0.2, 0.25) is 10.0 Å². The van der Waals surface area contributed by atoms with Gasteiger partial charge in [0, 0.05) is 17.1 Å². The Morgan fingerprint density at radius 3 is 2.00 bits per heavy atom. The van der Waals surface area contributed by atoms with Crippen LogP contribution in [0.15, 0.2) is 0 Å². The van der Waals surface area contributed by atoms with E-state index in [-0.39, 0.29) is 6.04 Å². The fourth-order valence-electron chi connectivity index (χ4n) is 2.63. The minimum absolute atomic E-state index is 0.242. The molecule has 0 saturated carbocycles. The van der Waals surface area contributed by atoms with E-state index in [1.165, 1.54) is 0 Å². The molecule has 1 aliphatic rings. The van der Waals surface area contributed by atoms with Crippen molar-refractivity contribution in [3.8, 4) is 0 Å². The number of nitrogens with one attached hydrogen (secondary N) is 1. The summed E-state index contributed by atoms with van der Waals surface area (Å²) in [5.74, 6) is 0. The molecule has 101 valence electrons. The van der Waals surface area contributed by atoms with Gasteiger partial charge in [-0.2, -0.15) is 0 Å². The number of hydroxylamine groups is 2. The van der Waals surface area contributed by atoms with Crippen LogP contribution in [-0.2, 0) is 15.2 Å². The SMILES string of the molecule is CC1(C)CC(NS(=O)(=O)CCl)CC(C)(C)N1[O]. The summed E-state index contributed by atoms with van der Waals surface area (Å²) in [5, 5.41) is 12.7. The molecule has 0 aliphatic carbocycles. The minimum Gasteiger partial charge on any atom is -0.211 e. The Bertz CT molecular complexity index is 363. The Morgan fingerprint density at radius 1 is 1.24 bits per heavy atom. The second kappa shape index (κ2) is 4.66. The standard InChI is InChI=1S/C10H20ClN2O3S/c1-9(2)5-8(12-17(15,16)7-11)6-10(3,4)13(9)14/h8,12H,5-7H2,1-4H3. The first kappa shape index (κ1) is 15.2. The molecule has 1 fully saturated rings. The number of hydrogen-bond donors (Lipinski definition) is 1. The van der Waals surface area contributed by atoms with Gasteiger partial charge in [0.15, 0.2) is 0 Å². The number of piperidine rings is 1. The van der Waals surface area contributed by atoms with E-state index >= 15 is 0 Å². The largest absolute Gasteiger partial charge is 0.225 e. The first-order chi connectivity index (χ1) is 7.50. The number of nitrogens with zero attached hydrogens (tertiary/aromatic N) is 1. The molecule has 0 aromatic rings. The molecule has 1 rings (SSSR count). The Kier molecular flexibility index (Phi) is 4.16. The van der Waals surface area contributed by atoms with Crippen LogP contribution in [0.25, 0.3) is 0 Å². The van der Waals surface area contributed by atoms with Gasteiger partial charge in [0.05, 0.1) is 0 Å². The van der Waals surface area contributed by atoms with Crippen molar-refractivity contribution in [2.75, 3.05) is 5.21 Å². The molecule has 1 aliphatic heterocycles. The van der Waals surface area contributed by atoms with Crippen LogP contribution in [0.5, 0.6) is 0 Å². The summed E-state index contributed by atoms with van der Waals surface area (Å²) < 4.78 is 25.4. The lowest BCUT2D eigenvalue weighted by Gasteiger charge is -2.49.